The summed E-state index contributed by atoms with van der Waals surface area (Å²) in [6.45, 7) is 2.69. The van der Waals surface area contributed by atoms with E-state index in [1.807, 2.05) is 13.0 Å². The normalized spacial score (nSPS) is 20.1. The van der Waals surface area contributed by atoms with Gasteiger partial charge in [0.25, 0.3) is 0 Å². The molecule has 1 aromatic heterocycles. The van der Waals surface area contributed by atoms with Gasteiger partial charge in [0.1, 0.15) is 6.10 Å². The first kappa shape index (κ1) is 14.1. The number of benzene rings is 1. The van der Waals surface area contributed by atoms with Gasteiger partial charge in [-0.05, 0) is 36.6 Å². The fraction of sp³-hybridized carbons (Fsp3) is 0.529. The molecular weight excluding hydrogens is 268 g/mol. The largest absolute Gasteiger partial charge is 0.385 e. The molecule has 108 valence electrons. The van der Waals surface area contributed by atoms with Crippen molar-refractivity contribution in [1.82, 2.24) is 0 Å². The van der Waals surface area contributed by atoms with Crippen molar-refractivity contribution in [2.45, 2.75) is 50.7 Å². The first-order chi connectivity index (χ1) is 9.77. The Morgan fingerprint density at radius 2 is 2.05 bits per heavy atom. The molecule has 1 heterocycles. The minimum absolute atomic E-state index is 0.384. The number of thiophene rings is 1. The Balaban J connectivity index is 2.00. The van der Waals surface area contributed by atoms with Crippen molar-refractivity contribution in [1.29, 1.82) is 0 Å². The molecule has 1 N–H and O–H groups in total. The van der Waals surface area contributed by atoms with E-state index in [1.54, 1.807) is 11.3 Å². The van der Waals surface area contributed by atoms with Crippen LogP contribution in [0.4, 0.5) is 0 Å². The van der Waals surface area contributed by atoms with Crippen molar-refractivity contribution in [3.63, 3.8) is 0 Å². The highest BCUT2D eigenvalue weighted by atomic mass is 32.1. The smallest absolute Gasteiger partial charge is 0.109 e. The maximum absolute atomic E-state index is 11.0. The standard InChI is InChI=1S/C17H22O2S/c1-2-19-17(10-4-3-5-11-17)16(18)14-8-6-7-13-9-12-20-15(13)14/h6-9,12,16,18H,2-5,10-11H2,1H3. The third-order valence-electron chi connectivity index (χ3n) is 4.43. The van der Waals surface area contributed by atoms with Crippen molar-refractivity contribution >= 4 is 21.4 Å². The van der Waals surface area contributed by atoms with Crippen LogP contribution in [-0.2, 0) is 4.74 Å². The van der Waals surface area contributed by atoms with Gasteiger partial charge < -0.3 is 9.84 Å². The summed E-state index contributed by atoms with van der Waals surface area (Å²) in [6.07, 6.45) is 4.96. The molecule has 1 aliphatic carbocycles. The summed E-state index contributed by atoms with van der Waals surface area (Å²) in [5, 5.41) is 14.3. The first-order valence-electron chi connectivity index (χ1n) is 7.55. The Hall–Kier alpha value is -0.900. The van der Waals surface area contributed by atoms with Gasteiger partial charge in [-0.2, -0.15) is 0 Å². The average molecular weight is 290 g/mol. The van der Waals surface area contributed by atoms with E-state index in [4.69, 9.17) is 4.74 Å². The highest BCUT2D eigenvalue weighted by Gasteiger charge is 2.41. The summed E-state index contributed by atoms with van der Waals surface area (Å²) >= 11 is 1.71. The fourth-order valence-corrected chi connectivity index (χ4v) is 4.39. The third kappa shape index (κ3) is 2.39. The van der Waals surface area contributed by atoms with Gasteiger partial charge in [0, 0.05) is 16.9 Å². The second-order valence-electron chi connectivity index (χ2n) is 5.65. The number of ether oxygens (including phenoxy) is 1. The van der Waals surface area contributed by atoms with Gasteiger partial charge in [-0.25, -0.2) is 0 Å². The molecule has 1 atom stereocenters. The quantitative estimate of drug-likeness (QED) is 0.886. The van der Waals surface area contributed by atoms with Crippen LogP contribution in [0.25, 0.3) is 10.1 Å². The highest BCUT2D eigenvalue weighted by molar-refractivity contribution is 7.17. The average Bonchev–Trinajstić information content (AvgIpc) is 2.96. The maximum atomic E-state index is 11.0. The van der Waals surface area contributed by atoms with Gasteiger partial charge >= 0.3 is 0 Å². The molecule has 0 spiro atoms. The van der Waals surface area contributed by atoms with E-state index in [0.29, 0.717) is 6.61 Å². The van der Waals surface area contributed by atoms with Crippen LogP contribution in [0, 0.1) is 0 Å². The number of aliphatic hydroxyl groups excluding tert-OH is 1. The van der Waals surface area contributed by atoms with E-state index in [9.17, 15) is 5.11 Å². The lowest BCUT2D eigenvalue weighted by Crippen LogP contribution is -2.41. The summed E-state index contributed by atoms with van der Waals surface area (Å²) in [6, 6.07) is 8.32. The van der Waals surface area contributed by atoms with Gasteiger partial charge in [-0.3, -0.25) is 0 Å². The molecule has 2 nitrogen and oxygen atoms in total. The van der Waals surface area contributed by atoms with E-state index in [1.165, 1.54) is 16.5 Å². The van der Waals surface area contributed by atoms with Gasteiger partial charge in [0.2, 0.25) is 0 Å². The lowest BCUT2D eigenvalue weighted by Gasteiger charge is -2.41. The van der Waals surface area contributed by atoms with E-state index >= 15 is 0 Å². The van der Waals surface area contributed by atoms with Crippen molar-refractivity contribution in [2.75, 3.05) is 6.61 Å². The van der Waals surface area contributed by atoms with Crippen LogP contribution in [0.15, 0.2) is 29.6 Å². The van der Waals surface area contributed by atoms with Crippen LogP contribution < -0.4 is 0 Å². The van der Waals surface area contributed by atoms with Crippen LogP contribution in [-0.4, -0.2) is 17.3 Å². The summed E-state index contributed by atoms with van der Waals surface area (Å²) in [7, 11) is 0. The molecule has 2 aromatic rings. The summed E-state index contributed by atoms with van der Waals surface area (Å²) in [5.74, 6) is 0. The molecule has 0 amide bonds. The van der Waals surface area contributed by atoms with Gasteiger partial charge in [-0.15, -0.1) is 11.3 Å². The van der Waals surface area contributed by atoms with Crippen molar-refractivity contribution in [2.24, 2.45) is 0 Å². The molecule has 1 unspecified atom stereocenters. The number of rotatable bonds is 4. The second-order valence-corrected chi connectivity index (χ2v) is 6.56. The fourth-order valence-electron chi connectivity index (χ4n) is 3.45. The Morgan fingerprint density at radius 1 is 1.25 bits per heavy atom. The summed E-state index contributed by atoms with van der Waals surface area (Å²) in [4.78, 5) is 0. The Kier molecular flexibility index (Phi) is 4.11. The van der Waals surface area contributed by atoms with E-state index < -0.39 is 6.10 Å². The zero-order chi connectivity index (χ0) is 14.0. The van der Waals surface area contributed by atoms with Crippen LogP contribution >= 0.6 is 11.3 Å². The molecule has 0 saturated heterocycles. The predicted molar refractivity (Wildman–Crippen MR) is 84.2 cm³/mol. The molecule has 20 heavy (non-hydrogen) atoms. The van der Waals surface area contributed by atoms with Gasteiger partial charge in [0.15, 0.2) is 0 Å². The number of hydrogen-bond donors (Lipinski definition) is 1. The number of hydrogen-bond acceptors (Lipinski definition) is 3. The third-order valence-corrected chi connectivity index (χ3v) is 5.41. The minimum Gasteiger partial charge on any atom is -0.385 e. The Bertz CT molecular complexity index is 564. The molecule has 1 fully saturated rings. The Morgan fingerprint density at radius 3 is 2.80 bits per heavy atom. The van der Waals surface area contributed by atoms with Crippen LogP contribution in [0.5, 0.6) is 0 Å². The SMILES string of the molecule is CCOC1(C(O)c2cccc3ccsc23)CCCCC1. The zero-order valence-electron chi connectivity index (χ0n) is 12.0. The number of aliphatic hydroxyl groups is 1. The predicted octanol–water partition coefficient (Wildman–Crippen LogP) is 4.67. The maximum Gasteiger partial charge on any atom is 0.109 e. The lowest BCUT2D eigenvalue weighted by atomic mass is 9.78. The molecule has 0 radical (unpaired) electrons. The van der Waals surface area contributed by atoms with E-state index in [2.05, 4.69) is 23.6 Å². The van der Waals surface area contributed by atoms with Gasteiger partial charge in [0.05, 0.1) is 5.60 Å². The lowest BCUT2D eigenvalue weighted by molar-refractivity contribution is -0.141. The molecule has 1 aliphatic rings. The first-order valence-corrected chi connectivity index (χ1v) is 8.43. The monoisotopic (exact) mass is 290 g/mol. The van der Waals surface area contributed by atoms with Crippen LogP contribution in [0.1, 0.15) is 50.7 Å². The van der Waals surface area contributed by atoms with Gasteiger partial charge in [-0.1, -0.05) is 37.5 Å². The van der Waals surface area contributed by atoms with Crippen LogP contribution in [0.2, 0.25) is 0 Å². The van der Waals surface area contributed by atoms with Crippen LogP contribution in [0.3, 0.4) is 0 Å². The van der Waals surface area contributed by atoms with Crippen molar-refractivity contribution in [3.05, 3.63) is 35.2 Å². The molecule has 1 saturated carbocycles. The zero-order valence-corrected chi connectivity index (χ0v) is 12.8. The van der Waals surface area contributed by atoms with Crippen molar-refractivity contribution in [3.8, 4) is 0 Å². The topological polar surface area (TPSA) is 29.5 Å². The molecule has 0 aliphatic heterocycles. The van der Waals surface area contributed by atoms with Crippen molar-refractivity contribution < 1.29 is 9.84 Å². The molecule has 1 aromatic carbocycles. The summed E-state index contributed by atoms with van der Waals surface area (Å²) in [5.41, 5.74) is 0.651. The minimum atomic E-state index is -0.523. The molecule has 3 heteroatoms. The number of fused-ring (bicyclic) bond motifs is 1. The Labute approximate surface area is 124 Å². The molecule has 3 rings (SSSR count). The molecular formula is C17H22O2S. The second kappa shape index (κ2) is 5.84. The van der Waals surface area contributed by atoms with E-state index in [0.717, 1.165) is 31.2 Å². The highest BCUT2D eigenvalue weighted by Crippen LogP contribution is 2.43. The summed E-state index contributed by atoms with van der Waals surface area (Å²) < 4.78 is 7.27. The molecule has 0 bridgehead atoms. The van der Waals surface area contributed by atoms with E-state index in [-0.39, 0.29) is 5.60 Å².